The third-order valence-electron chi connectivity index (χ3n) is 3.72. The fourth-order valence-electron chi connectivity index (χ4n) is 2.74. The quantitative estimate of drug-likeness (QED) is 0.841. The lowest BCUT2D eigenvalue weighted by atomic mass is 10.0. The number of fused-ring (bicyclic) bond motifs is 1. The van der Waals surface area contributed by atoms with Crippen molar-refractivity contribution < 1.29 is 9.53 Å². The zero-order chi connectivity index (χ0) is 14.8. The monoisotopic (exact) mass is 281 g/mol. The van der Waals surface area contributed by atoms with E-state index in [9.17, 15) is 4.79 Å². The number of hydrogen-bond acceptors (Lipinski definition) is 2. The molecule has 0 unspecified atom stereocenters. The molecule has 2 aromatic carbocycles. The average molecular weight is 281 g/mol. The molecule has 3 heteroatoms. The molecule has 1 heterocycles. The number of carbonyl (C=O) groups excluding carboxylic acids is 1. The Balaban J connectivity index is 2.11. The Bertz CT molecular complexity index is 650. The summed E-state index contributed by atoms with van der Waals surface area (Å²) in [6.07, 6.45) is 0. The molecule has 0 atom stereocenters. The number of anilines is 1. The molecule has 1 aliphatic rings. The summed E-state index contributed by atoms with van der Waals surface area (Å²) in [6, 6.07) is 16.6. The van der Waals surface area contributed by atoms with E-state index in [0.29, 0.717) is 6.61 Å². The van der Waals surface area contributed by atoms with Gasteiger partial charge in [0, 0.05) is 11.6 Å². The molecular formula is C18H19NO2. The van der Waals surface area contributed by atoms with Gasteiger partial charge in [-0.05, 0) is 31.0 Å². The lowest BCUT2D eigenvalue weighted by Gasteiger charge is -2.27. The number of rotatable bonds is 2. The van der Waals surface area contributed by atoms with Gasteiger partial charge >= 0.3 is 0 Å². The number of ether oxygens (including phenoxy) is 1. The Labute approximate surface area is 125 Å². The molecule has 21 heavy (non-hydrogen) atoms. The number of nitrogens with zero attached hydrogens (tertiary/aromatic N) is 1. The van der Waals surface area contributed by atoms with Gasteiger partial charge in [-0.1, -0.05) is 42.5 Å². The molecule has 0 aromatic heterocycles. The van der Waals surface area contributed by atoms with E-state index in [4.69, 9.17) is 4.74 Å². The maximum Gasteiger partial charge on any atom is 0.253 e. The van der Waals surface area contributed by atoms with E-state index < -0.39 is 0 Å². The highest BCUT2D eigenvalue weighted by Gasteiger charge is 2.25. The Morgan fingerprint density at radius 3 is 2.48 bits per heavy atom. The van der Waals surface area contributed by atoms with Crippen LogP contribution < -0.4 is 4.90 Å². The van der Waals surface area contributed by atoms with Gasteiger partial charge < -0.3 is 9.64 Å². The average Bonchev–Trinajstić information content (AvgIpc) is 2.65. The second-order valence-corrected chi connectivity index (χ2v) is 5.56. The predicted octanol–water partition coefficient (Wildman–Crippen LogP) is 3.63. The zero-order valence-electron chi connectivity index (χ0n) is 12.4. The molecule has 0 spiro atoms. The topological polar surface area (TPSA) is 29.5 Å². The van der Waals surface area contributed by atoms with Gasteiger partial charge in [0.25, 0.3) is 5.91 Å². The first-order valence-corrected chi connectivity index (χ1v) is 7.25. The van der Waals surface area contributed by atoms with Crippen LogP contribution in [0, 0.1) is 0 Å². The predicted molar refractivity (Wildman–Crippen MR) is 84.2 cm³/mol. The highest BCUT2D eigenvalue weighted by Crippen LogP contribution is 2.31. The van der Waals surface area contributed by atoms with E-state index in [1.54, 1.807) is 0 Å². The summed E-state index contributed by atoms with van der Waals surface area (Å²) in [5.41, 5.74) is 4.31. The van der Waals surface area contributed by atoms with Crippen LogP contribution in [0.25, 0.3) is 11.1 Å². The van der Waals surface area contributed by atoms with Crippen molar-refractivity contribution in [2.75, 3.05) is 11.5 Å². The van der Waals surface area contributed by atoms with Gasteiger partial charge in [0.2, 0.25) is 0 Å². The Kier molecular flexibility index (Phi) is 3.76. The van der Waals surface area contributed by atoms with Gasteiger partial charge in [0.05, 0.1) is 12.3 Å². The minimum absolute atomic E-state index is 0.0222. The fourth-order valence-corrected chi connectivity index (χ4v) is 2.74. The van der Waals surface area contributed by atoms with E-state index in [1.165, 1.54) is 0 Å². The smallest absolute Gasteiger partial charge is 0.253 e. The van der Waals surface area contributed by atoms with Crippen LogP contribution in [0.2, 0.25) is 0 Å². The molecule has 0 saturated carbocycles. The van der Waals surface area contributed by atoms with Crippen LogP contribution in [0.3, 0.4) is 0 Å². The SMILES string of the molecule is CC(C)N1C(=O)COCc2ccc(-c3ccccc3)cc21. The second-order valence-electron chi connectivity index (χ2n) is 5.56. The van der Waals surface area contributed by atoms with E-state index in [-0.39, 0.29) is 18.6 Å². The highest BCUT2D eigenvalue weighted by atomic mass is 16.5. The maximum atomic E-state index is 12.3. The largest absolute Gasteiger partial charge is 0.367 e. The van der Waals surface area contributed by atoms with E-state index in [1.807, 2.05) is 36.9 Å². The van der Waals surface area contributed by atoms with Gasteiger partial charge in [-0.15, -0.1) is 0 Å². The third kappa shape index (κ3) is 2.69. The van der Waals surface area contributed by atoms with Crippen molar-refractivity contribution in [1.29, 1.82) is 0 Å². The molecule has 0 aliphatic carbocycles. The fraction of sp³-hybridized carbons (Fsp3) is 0.278. The Morgan fingerprint density at radius 1 is 1.00 bits per heavy atom. The lowest BCUT2D eigenvalue weighted by molar-refractivity contribution is -0.123. The number of hydrogen-bond donors (Lipinski definition) is 0. The summed E-state index contributed by atoms with van der Waals surface area (Å²) in [7, 11) is 0. The maximum absolute atomic E-state index is 12.3. The summed E-state index contributed by atoms with van der Waals surface area (Å²) in [5.74, 6) is 0.0222. The highest BCUT2D eigenvalue weighted by molar-refractivity contribution is 5.96. The Morgan fingerprint density at radius 2 is 1.76 bits per heavy atom. The van der Waals surface area contributed by atoms with Crippen LogP contribution in [0.15, 0.2) is 48.5 Å². The van der Waals surface area contributed by atoms with E-state index in [0.717, 1.165) is 22.4 Å². The molecule has 1 aliphatic heterocycles. The van der Waals surface area contributed by atoms with Gasteiger partial charge in [0.15, 0.2) is 0 Å². The second kappa shape index (κ2) is 5.70. The van der Waals surface area contributed by atoms with E-state index >= 15 is 0 Å². The minimum atomic E-state index is 0.0222. The molecule has 108 valence electrons. The van der Waals surface area contributed by atoms with Crippen molar-refractivity contribution in [3.8, 4) is 11.1 Å². The first-order valence-electron chi connectivity index (χ1n) is 7.25. The van der Waals surface area contributed by atoms with Crippen LogP contribution in [-0.2, 0) is 16.1 Å². The van der Waals surface area contributed by atoms with Crippen molar-refractivity contribution in [3.05, 3.63) is 54.1 Å². The van der Waals surface area contributed by atoms with Crippen LogP contribution in [0.1, 0.15) is 19.4 Å². The lowest BCUT2D eigenvalue weighted by Crippen LogP contribution is -2.38. The van der Waals surface area contributed by atoms with Crippen LogP contribution in [0.5, 0.6) is 0 Å². The molecule has 0 bridgehead atoms. The van der Waals surface area contributed by atoms with Crippen LogP contribution >= 0.6 is 0 Å². The van der Waals surface area contributed by atoms with Crippen molar-refractivity contribution >= 4 is 11.6 Å². The molecule has 3 nitrogen and oxygen atoms in total. The summed E-state index contributed by atoms with van der Waals surface area (Å²) in [5, 5.41) is 0. The summed E-state index contributed by atoms with van der Waals surface area (Å²) < 4.78 is 5.47. The van der Waals surface area contributed by atoms with Crippen molar-refractivity contribution in [3.63, 3.8) is 0 Å². The summed E-state index contributed by atoms with van der Waals surface area (Å²) in [6.45, 7) is 4.69. The molecule has 0 radical (unpaired) electrons. The molecule has 3 rings (SSSR count). The molecule has 0 fully saturated rings. The van der Waals surface area contributed by atoms with Gasteiger partial charge in [-0.3, -0.25) is 4.79 Å². The van der Waals surface area contributed by atoms with Gasteiger partial charge in [-0.2, -0.15) is 0 Å². The summed E-state index contributed by atoms with van der Waals surface area (Å²) >= 11 is 0. The molecular weight excluding hydrogens is 262 g/mol. The molecule has 0 saturated heterocycles. The normalized spacial score (nSPS) is 15.0. The van der Waals surface area contributed by atoms with Crippen molar-refractivity contribution in [2.45, 2.75) is 26.5 Å². The standard InChI is InChI=1S/C18H19NO2/c1-13(2)19-17-10-15(14-6-4-3-5-7-14)8-9-16(17)11-21-12-18(19)20/h3-10,13H,11-12H2,1-2H3. The number of amides is 1. The summed E-state index contributed by atoms with van der Waals surface area (Å²) in [4.78, 5) is 14.1. The molecule has 1 amide bonds. The van der Waals surface area contributed by atoms with Crippen molar-refractivity contribution in [2.24, 2.45) is 0 Å². The number of benzene rings is 2. The first kappa shape index (κ1) is 13.8. The molecule has 0 N–H and O–H groups in total. The van der Waals surface area contributed by atoms with Gasteiger partial charge in [-0.25, -0.2) is 0 Å². The minimum Gasteiger partial charge on any atom is -0.367 e. The van der Waals surface area contributed by atoms with Crippen LogP contribution in [-0.4, -0.2) is 18.6 Å². The Hall–Kier alpha value is -2.13. The van der Waals surface area contributed by atoms with Crippen molar-refractivity contribution in [1.82, 2.24) is 0 Å². The first-order chi connectivity index (χ1) is 10.2. The third-order valence-corrected chi connectivity index (χ3v) is 3.72. The zero-order valence-corrected chi connectivity index (χ0v) is 12.4. The van der Waals surface area contributed by atoms with Gasteiger partial charge in [0.1, 0.15) is 6.61 Å². The number of carbonyl (C=O) groups is 1. The van der Waals surface area contributed by atoms with E-state index in [2.05, 4.69) is 30.3 Å². The van der Waals surface area contributed by atoms with Crippen LogP contribution in [0.4, 0.5) is 5.69 Å². The molecule has 2 aromatic rings.